The number of hydrogen-bond acceptors (Lipinski definition) is 3. The molecule has 0 spiro atoms. The Balaban J connectivity index is 3.21. The molecule has 1 atom stereocenters. The first kappa shape index (κ1) is 14.7. The SMILES string of the molecule is C=S(=O)(c1ccc(F)cc1)C(C)(C)C(=O)OCC. The monoisotopic (exact) mass is 272 g/mol. The predicted molar refractivity (Wildman–Crippen MR) is 70.6 cm³/mol. The van der Waals surface area contributed by atoms with Crippen LogP contribution in [0, 0.1) is 5.82 Å². The molecule has 0 aromatic heterocycles. The molecule has 0 amide bonds. The smallest absolute Gasteiger partial charge is 0.324 e. The van der Waals surface area contributed by atoms with E-state index in [1.807, 2.05) is 0 Å². The zero-order chi connectivity index (χ0) is 14.0. The molecular formula is C13H17FO3S. The van der Waals surface area contributed by atoms with E-state index in [1.165, 1.54) is 38.1 Å². The minimum atomic E-state index is -2.92. The van der Waals surface area contributed by atoms with Crippen LogP contribution < -0.4 is 0 Å². The van der Waals surface area contributed by atoms with Crippen molar-refractivity contribution in [3.63, 3.8) is 0 Å². The molecule has 0 saturated heterocycles. The van der Waals surface area contributed by atoms with Gasteiger partial charge in [-0.05, 0) is 50.9 Å². The lowest BCUT2D eigenvalue weighted by Crippen LogP contribution is -2.41. The van der Waals surface area contributed by atoms with Gasteiger partial charge in [-0.1, -0.05) is 0 Å². The van der Waals surface area contributed by atoms with E-state index < -0.39 is 26.1 Å². The molecule has 0 aliphatic heterocycles. The van der Waals surface area contributed by atoms with Crippen molar-refractivity contribution in [2.75, 3.05) is 6.61 Å². The van der Waals surface area contributed by atoms with Gasteiger partial charge in [-0.3, -0.25) is 9.00 Å². The Morgan fingerprint density at radius 3 is 2.33 bits per heavy atom. The van der Waals surface area contributed by atoms with Gasteiger partial charge in [0.15, 0.2) is 0 Å². The van der Waals surface area contributed by atoms with Gasteiger partial charge in [-0.25, -0.2) is 4.39 Å². The maximum absolute atomic E-state index is 12.8. The number of esters is 1. The number of benzene rings is 1. The van der Waals surface area contributed by atoms with Crippen LogP contribution in [0.5, 0.6) is 0 Å². The second kappa shape index (κ2) is 5.10. The highest BCUT2D eigenvalue weighted by Crippen LogP contribution is 2.26. The molecule has 1 unspecified atom stereocenters. The second-order valence-corrected chi connectivity index (χ2v) is 7.20. The topological polar surface area (TPSA) is 43.4 Å². The average molecular weight is 272 g/mol. The number of carbonyl (C=O) groups excluding carboxylic acids is 1. The van der Waals surface area contributed by atoms with E-state index in [0.29, 0.717) is 4.90 Å². The summed E-state index contributed by atoms with van der Waals surface area (Å²) in [6, 6.07) is 5.15. The van der Waals surface area contributed by atoms with Gasteiger partial charge in [0.2, 0.25) is 0 Å². The first-order valence-corrected chi connectivity index (χ1v) is 7.26. The Kier molecular flexibility index (Phi) is 4.16. The number of rotatable bonds is 4. The van der Waals surface area contributed by atoms with Gasteiger partial charge in [0.1, 0.15) is 10.6 Å². The maximum atomic E-state index is 12.8. The third-order valence-corrected chi connectivity index (χ3v) is 5.63. The van der Waals surface area contributed by atoms with Gasteiger partial charge in [0.25, 0.3) is 0 Å². The predicted octanol–water partition coefficient (Wildman–Crippen LogP) is 2.24. The Labute approximate surface area is 107 Å². The van der Waals surface area contributed by atoms with Crippen LogP contribution in [0.25, 0.3) is 0 Å². The lowest BCUT2D eigenvalue weighted by Gasteiger charge is -2.27. The van der Waals surface area contributed by atoms with Gasteiger partial charge >= 0.3 is 5.97 Å². The zero-order valence-electron chi connectivity index (χ0n) is 10.7. The van der Waals surface area contributed by atoms with Crippen LogP contribution in [0.4, 0.5) is 4.39 Å². The molecule has 0 bridgehead atoms. The van der Waals surface area contributed by atoms with E-state index in [9.17, 15) is 13.4 Å². The molecule has 0 saturated carbocycles. The molecule has 1 aromatic rings. The highest BCUT2D eigenvalue weighted by atomic mass is 32.2. The van der Waals surface area contributed by atoms with Crippen molar-refractivity contribution >= 4 is 21.4 Å². The highest BCUT2D eigenvalue weighted by Gasteiger charge is 2.39. The lowest BCUT2D eigenvalue weighted by atomic mass is 10.2. The normalized spacial score (nSPS) is 14.9. The highest BCUT2D eigenvalue weighted by molar-refractivity contribution is 8.02. The van der Waals surface area contributed by atoms with Crippen molar-refractivity contribution in [3.05, 3.63) is 30.1 Å². The van der Waals surface area contributed by atoms with Gasteiger partial charge in [0, 0.05) is 14.4 Å². The van der Waals surface area contributed by atoms with Crippen LogP contribution >= 0.6 is 0 Å². The molecule has 0 aliphatic rings. The van der Waals surface area contributed by atoms with Crippen molar-refractivity contribution in [1.82, 2.24) is 0 Å². The largest absolute Gasteiger partial charge is 0.465 e. The number of ether oxygens (including phenoxy) is 1. The summed E-state index contributed by atoms with van der Waals surface area (Å²) < 4.78 is 29.2. The number of carbonyl (C=O) groups is 1. The van der Waals surface area contributed by atoms with Crippen LogP contribution in [0.3, 0.4) is 0 Å². The van der Waals surface area contributed by atoms with Gasteiger partial charge in [0.05, 0.1) is 6.61 Å². The first-order valence-electron chi connectivity index (χ1n) is 5.53. The zero-order valence-corrected chi connectivity index (χ0v) is 11.6. The van der Waals surface area contributed by atoms with Crippen molar-refractivity contribution in [2.24, 2.45) is 0 Å². The van der Waals surface area contributed by atoms with E-state index in [2.05, 4.69) is 5.87 Å². The van der Waals surface area contributed by atoms with Crippen LogP contribution in [0.1, 0.15) is 20.8 Å². The second-order valence-electron chi connectivity index (χ2n) is 4.36. The Bertz CT molecular complexity index is 530. The van der Waals surface area contributed by atoms with E-state index in [4.69, 9.17) is 4.74 Å². The maximum Gasteiger partial charge on any atom is 0.324 e. The summed E-state index contributed by atoms with van der Waals surface area (Å²) >= 11 is 0. The van der Waals surface area contributed by atoms with E-state index >= 15 is 0 Å². The fraction of sp³-hybridized carbons (Fsp3) is 0.385. The minimum absolute atomic E-state index is 0.210. The van der Waals surface area contributed by atoms with Crippen molar-refractivity contribution in [1.29, 1.82) is 0 Å². The van der Waals surface area contributed by atoms with E-state index in [0.717, 1.165) is 0 Å². The first-order chi connectivity index (χ1) is 8.23. The average Bonchev–Trinajstić information content (AvgIpc) is 2.29. The van der Waals surface area contributed by atoms with Crippen LogP contribution in [-0.4, -0.2) is 27.4 Å². The standard InChI is InChI=1S/C13H17FO3S/c1-5-17-12(15)13(2,3)18(4,16)11-8-6-10(14)7-9-11/h6-9H,4-5H2,1-3H3. The summed E-state index contributed by atoms with van der Waals surface area (Å²) in [6.07, 6.45) is 0. The summed E-state index contributed by atoms with van der Waals surface area (Å²) in [5, 5.41) is 0. The van der Waals surface area contributed by atoms with E-state index in [-0.39, 0.29) is 6.61 Å². The number of halogens is 1. The summed E-state index contributed by atoms with van der Waals surface area (Å²) in [5.41, 5.74) is 0. The van der Waals surface area contributed by atoms with Crippen LogP contribution in [-0.2, 0) is 19.1 Å². The van der Waals surface area contributed by atoms with E-state index in [1.54, 1.807) is 6.92 Å². The lowest BCUT2D eigenvalue weighted by molar-refractivity contribution is -0.145. The summed E-state index contributed by atoms with van der Waals surface area (Å²) in [5.74, 6) is 2.65. The summed E-state index contributed by atoms with van der Waals surface area (Å²) in [6.45, 7) is 4.92. The molecule has 0 N–H and O–H groups in total. The fourth-order valence-corrected chi connectivity index (χ4v) is 2.88. The molecule has 0 heterocycles. The van der Waals surface area contributed by atoms with Gasteiger partial charge < -0.3 is 4.74 Å². The van der Waals surface area contributed by atoms with Gasteiger partial charge in [-0.2, -0.15) is 0 Å². The minimum Gasteiger partial charge on any atom is -0.465 e. The molecule has 100 valence electrons. The third-order valence-electron chi connectivity index (χ3n) is 2.79. The third kappa shape index (κ3) is 2.56. The molecule has 18 heavy (non-hydrogen) atoms. The molecule has 0 fully saturated rings. The Hall–Kier alpha value is -1.36. The number of hydrogen-bond donors (Lipinski definition) is 0. The summed E-state index contributed by atoms with van der Waals surface area (Å²) in [7, 11) is -2.92. The van der Waals surface area contributed by atoms with Crippen molar-refractivity contribution in [3.8, 4) is 0 Å². The molecule has 0 radical (unpaired) electrons. The van der Waals surface area contributed by atoms with Crippen molar-refractivity contribution in [2.45, 2.75) is 30.4 Å². The molecule has 5 heteroatoms. The molecule has 0 aliphatic carbocycles. The fourth-order valence-electron chi connectivity index (χ4n) is 1.39. The van der Waals surface area contributed by atoms with Gasteiger partial charge in [-0.15, -0.1) is 0 Å². The van der Waals surface area contributed by atoms with Crippen LogP contribution in [0.2, 0.25) is 0 Å². The molecular weight excluding hydrogens is 255 g/mol. The molecule has 1 rings (SSSR count). The van der Waals surface area contributed by atoms with Crippen molar-refractivity contribution < 1.29 is 18.1 Å². The molecule has 3 nitrogen and oxygen atoms in total. The Morgan fingerprint density at radius 1 is 1.39 bits per heavy atom. The summed E-state index contributed by atoms with van der Waals surface area (Å²) in [4.78, 5) is 12.2. The quantitative estimate of drug-likeness (QED) is 0.623. The Morgan fingerprint density at radius 2 is 1.89 bits per heavy atom. The van der Waals surface area contributed by atoms with Crippen LogP contribution in [0.15, 0.2) is 29.2 Å². The molecule has 1 aromatic carbocycles.